The van der Waals surface area contributed by atoms with Gasteiger partial charge in [0, 0.05) is 4.75 Å². The van der Waals surface area contributed by atoms with E-state index in [-0.39, 0.29) is 22.1 Å². The number of nitrogens with zero attached hydrogens (tertiary/aromatic N) is 5. The minimum absolute atomic E-state index is 0.00138. The molecule has 2 unspecified atom stereocenters. The summed E-state index contributed by atoms with van der Waals surface area (Å²) in [6, 6.07) is 3.18. The van der Waals surface area contributed by atoms with Crippen molar-refractivity contribution in [3.05, 3.63) is 29.5 Å². The number of fused-ring (bicyclic) bond motifs is 1. The second kappa shape index (κ2) is 4.81. The number of carbonyl (C=O) groups excluding carboxylic acids is 1. The molecule has 8 nitrogen and oxygen atoms in total. The van der Waals surface area contributed by atoms with Gasteiger partial charge in [-0.2, -0.15) is 0 Å². The monoisotopic (exact) mass is 334 g/mol. The number of hydrogen-bond donors (Lipinski definition) is 1. The molecule has 3 atom stereocenters. The summed E-state index contributed by atoms with van der Waals surface area (Å²) >= 11 is 1.70. The predicted octanol–water partition coefficient (Wildman–Crippen LogP) is 0.685. The van der Waals surface area contributed by atoms with Gasteiger partial charge in [-0.15, -0.1) is 16.9 Å². The lowest BCUT2D eigenvalue weighted by Gasteiger charge is -2.42. The SMILES string of the molecule is Cc1ccc(Cn2nnnc2C2N3C(=O)C(N)[C@@H]3SC2(C)C)o1. The molecule has 2 fully saturated rings. The lowest BCUT2D eigenvalue weighted by Crippen LogP contribution is -2.65. The van der Waals surface area contributed by atoms with E-state index in [1.807, 2.05) is 24.0 Å². The van der Waals surface area contributed by atoms with E-state index in [1.54, 1.807) is 16.4 Å². The van der Waals surface area contributed by atoms with Crippen LogP contribution in [0, 0.1) is 6.92 Å². The first-order valence-corrected chi connectivity index (χ1v) is 8.33. The number of rotatable bonds is 3. The van der Waals surface area contributed by atoms with E-state index in [9.17, 15) is 4.79 Å². The van der Waals surface area contributed by atoms with Crippen LogP contribution in [0.4, 0.5) is 0 Å². The summed E-state index contributed by atoms with van der Waals surface area (Å²) in [5, 5.41) is 12.1. The first-order valence-electron chi connectivity index (χ1n) is 7.45. The molecule has 0 bridgehead atoms. The Balaban J connectivity index is 1.68. The topological polar surface area (TPSA) is 103 Å². The van der Waals surface area contributed by atoms with E-state index in [0.29, 0.717) is 12.4 Å². The number of carbonyl (C=O) groups is 1. The molecule has 2 aromatic rings. The Labute approximate surface area is 137 Å². The summed E-state index contributed by atoms with van der Waals surface area (Å²) in [4.78, 5) is 14.0. The molecule has 23 heavy (non-hydrogen) atoms. The van der Waals surface area contributed by atoms with Gasteiger partial charge in [0.05, 0.1) is 0 Å². The number of furan rings is 1. The quantitative estimate of drug-likeness (QED) is 0.823. The van der Waals surface area contributed by atoms with Crippen LogP contribution < -0.4 is 5.73 Å². The summed E-state index contributed by atoms with van der Waals surface area (Å²) < 4.78 is 7.10. The molecule has 2 aliphatic heterocycles. The lowest BCUT2D eigenvalue weighted by atomic mass is 9.95. The normalized spacial score (nSPS) is 28.8. The van der Waals surface area contributed by atoms with Gasteiger partial charge in [0.2, 0.25) is 5.91 Å². The van der Waals surface area contributed by atoms with Crippen molar-refractivity contribution in [2.75, 3.05) is 0 Å². The standard InChI is InChI=1S/C14H18N6O2S/c1-7-4-5-8(22-7)6-19-11(16-17-18-19)10-14(2,3)23-13-9(15)12(21)20(10)13/h4-5,9-10,13H,6,15H2,1-3H3/t9?,10?,13-/m0/s1. The summed E-state index contributed by atoms with van der Waals surface area (Å²) in [6.45, 7) is 6.52. The molecule has 2 aliphatic rings. The Bertz CT molecular complexity index is 769. The fourth-order valence-electron chi connectivity index (χ4n) is 3.30. The zero-order chi connectivity index (χ0) is 16.4. The second-order valence-corrected chi connectivity index (χ2v) is 8.26. The molecule has 0 aliphatic carbocycles. The van der Waals surface area contributed by atoms with Crippen molar-refractivity contribution >= 4 is 17.7 Å². The van der Waals surface area contributed by atoms with Crippen LogP contribution in [-0.4, -0.2) is 47.2 Å². The summed E-state index contributed by atoms with van der Waals surface area (Å²) in [6.07, 6.45) is 0. The van der Waals surface area contributed by atoms with Crippen LogP contribution in [0.5, 0.6) is 0 Å². The third kappa shape index (κ3) is 2.10. The van der Waals surface area contributed by atoms with Crippen LogP contribution >= 0.6 is 11.8 Å². The lowest BCUT2D eigenvalue weighted by molar-refractivity contribution is -0.147. The molecular weight excluding hydrogens is 316 g/mol. The fraction of sp³-hybridized carbons (Fsp3) is 0.571. The van der Waals surface area contributed by atoms with Crippen molar-refractivity contribution in [3.63, 3.8) is 0 Å². The first kappa shape index (κ1) is 14.7. The van der Waals surface area contributed by atoms with E-state index < -0.39 is 6.04 Å². The maximum Gasteiger partial charge on any atom is 0.244 e. The molecular formula is C14H18N6O2S. The highest BCUT2D eigenvalue weighted by Crippen LogP contribution is 2.56. The molecule has 4 heterocycles. The molecule has 2 N–H and O–H groups in total. The Morgan fingerprint density at radius 1 is 1.43 bits per heavy atom. The average Bonchev–Trinajstić information content (AvgIpc) is 3.16. The van der Waals surface area contributed by atoms with Crippen molar-refractivity contribution in [2.45, 2.75) is 49.5 Å². The van der Waals surface area contributed by atoms with Gasteiger partial charge in [0.1, 0.15) is 35.5 Å². The molecule has 0 saturated carbocycles. The number of aromatic nitrogens is 4. The predicted molar refractivity (Wildman–Crippen MR) is 83.4 cm³/mol. The molecule has 0 spiro atoms. The van der Waals surface area contributed by atoms with Crippen molar-refractivity contribution < 1.29 is 9.21 Å². The molecule has 1 amide bonds. The summed E-state index contributed by atoms with van der Waals surface area (Å²) in [5.41, 5.74) is 5.92. The number of tetrazole rings is 1. The third-order valence-electron chi connectivity index (χ3n) is 4.39. The van der Waals surface area contributed by atoms with Gasteiger partial charge < -0.3 is 15.1 Å². The minimum atomic E-state index is -0.429. The van der Waals surface area contributed by atoms with Gasteiger partial charge in [0.15, 0.2) is 5.82 Å². The molecule has 122 valence electrons. The van der Waals surface area contributed by atoms with Crippen LogP contribution in [0.2, 0.25) is 0 Å². The van der Waals surface area contributed by atoms with Crippen LogP contribution in [-0.2, 0) is 11.3 Å². The smallest absolute Gasteiger partial charge is 0.244 e. The van der Waals surface area contributed by atoms with Gasteiger partial charge >= 0.3 is 0 Å². The van der Waals surface area contributed by atoms with Crippen LogP contribution in [0.3, 0.4) is 0 Å². The maximum absolute atomic E-state index is 12.2. The number of nitrogens with two attached hydrogens (primary N) is 1. The molecule has 0 aromatic carbocycles. The van der Waals surface area contributed by atoms with Crippen molar-refractivity contribution in [1.29, 1.82) is 0 Å². The van der Waals surface area contributed by atoms with Crippen LogP contribution in [0.1, 0.15) is 37.2 Å². The largest absolute Gasteiger partial charge is 0.464 e. The Morgan fingerprint density at radius 2 is 2.22 bits per heavy atom. The van der Waals surface area contributed by atoms with Crippen molar-refractivity contribution in [1.82, 2.24) is 25.1 Å². The summed E-state index contributed by atoms with van der Waals surface area (Å²) in [7, 11) is 0. The minimum Gasteiger partial charge on any atom is -0.464 e. The van der Waals surface area contributed by atoms with E-state index in [2.05, 4.69) is 29.4 Å². The average molecular weight is 334 g/mol. The molecule has 4 rings (SSSR count). The molecule has 0 radical (unpaired) electrons. The number of amides is 1. The third-order valence-corrected chi connectivity index (χ3v) is 5.98. The van der Waals surface area contributed by atoms with E-state index in [4.69, 9.17) is 10.2 Å². The highest BCUT2D eigenvalue weighted by atomic mass is 32.2. The van der Waals surface area contributed by atoms with Gasteiger partial charge in [-0.25, -0.2) is 4.68 Å². The summed E-state index contributed by atoms with van der Waals surface area (Å²) in [5.74, 6) is 2.25. The maximum atomic E-state index is 12.2. The van der Waals surface area contributed by atoms with Gasteiger partial charge in [-0.3, -0.25) is 4.79 Å². The number of β-lactam (4-membered cyclic amide) rings is 1. The second-order valence-electron chi connectivity index (χ2n) is 6.49. The van der Waals surface area contributed by atoms with Crippen molar-refractivity contribution in [2.24, 2.45) is 5.73 Å². The van der Waals surface area contributed by atoms with Gasteiger partial charge in [-0.05, 0) is 43.3 Å². The number of hydrogen-bond acceptors (Lipinski definition) is 7. The highest BCUT2D eigenvalue weighted by Gasteiger charge is 2.62. The molecule has 2 aromatic heterocycles. The zero-order valence-electron chi connectivity index (χ0n) is 13.1. The Morgan fingerprint density at radius 3 is 2.91 bits per heavy atom. The number of aryl methyl sites for hydroxylation is 1. The van der Waals surface area contributed by atoms with Crippen LogP contribution in [0.25, 0.3) is 0 Å². The molecule has 2 saturated heterocycles. The number of thioether (sulfide) groups is 1. The van der Waals surface area contributed by atoms with Crippen molar-refractivity contribution in [3.8, 4) is 0 Å². The fourth-order valence-corrected chi connectivity index (χ4v) is 4.87. The van der Waals surface area contributed by atoms with Gasteiger partial charge in [0.25, 0.3) is 0 Å². The van der Waals surface area contributed by atoms with Crippen LogP contribution in [0.15, 0.2) is 16.5 Å². The highest BCUT2D eigenvalue weighted by molar-refractivity contribution is 8.01. The van der Waals surface area contributed by atoms with E-state index in [1.165, 1.54) is 0 Å². The molecule has 9 heteroatoms. The van der Waals surface area contributed by atoms with E-state index in [0.717, 1.165) is 11.5 Å². The first-order chi connectivity index (χ1) is 10.9. The zero-order valence-corrected chi connectivity index (χ0v) is 13.9. The Kier molecular flexibility index (Phi) is 3.08. The van der Waals surface area contributed by atoms with Gasteiger partial charge in [-0.1, -0.05) is 0 Å². The van der Waals surface area contributed by atoms with E-state index >= 15 is 0 Å². The Hall–Kier alpha value is -1.87.